The van der Waals surface area contributed by atoms with Crippen molar-refractivity contribution < 1.29 is 19.0 Å². The van der Waals surface area contributed by atoms with Gasteiger partial charge in [0.1, 0.15) is 18.8 Å². The summed E-state index contributed by atoms with van der Waals surface area (Å²) in [6.45, 7) is 7.74. The van der Waals surface area contributed by atoms with Crippen LogP contribution in [-0.4, -0.2) is 43.1 Å². The maximum atomic E-state index is 11.5. The molecule has 0 saturated carbocycles. The first-order valence-electron chi connectivity index (χ1n) is 8.25. The zero-order chi connectivity index (χ0) is 18.3. The molecular weight excluding hydrogens is 342 g/mol. The highest BCUT2D eigenvalue weighted by Gasteiger charge is 2.15. The van der Waals surface area contributed by atoms with Gasteiger partial charge in [-0.25, -0.2) is 4.79 Å². The number of benzene rings is 1. The zero-order valence-corrected chi connectivity index (χ0v) is 15.6. The van der Waals surface area contributed by atoms with Crippen molar-refractivity contribution in [1.29, 1.82) is 0 Å². The standard InChI is InChI=1S/C17H25N3O4S/c1-17(2,3)24-16(21)19-8-4-7-18-15(25)20-12-5-6-13-14(11-12)23-10-9-22-13/h5-6,11H,4,7-10H2,1-3H3,(H,19,21)(H2,18,20,25). The number of hydrogen-bond acceptors (Lipinski definition) is 5. The molecule has 1 aliphatic rings. The molecule has 1 aromatic carbocycles. The van der Waals surface area contributed by atoms with Crippen molar-refractivity contribution in [3.63, 3.8) is 0 Å². The van der Waals surface area contributed by atoms with Crippen LogP contribution in [0.15, 0.2) is 18.2 Å². The topological polar surface area (TPSA) is 80.9 Å². The molecule has 0 spiro atoms. The zero-order valence-electron chi connectivity index (χ0n) is 14.8. The smallest absolute Gasteiger partial charge is 0.407 e. The molecule has 7 nitrogen and oxygen atoms in total. The van der Waals surface area contributed by atoms with Gasteiger partial charge >= 0.3 is 6.09 Å². The highest BCUT2D eigenvalue weighted by molar-refractivity contribution is 7.80. The number of thiocarbonyl (C=S) groups is 1. The third-order valence-corrected chi connectivity index (χ3v) is 3.35. The van der Waals surface area contributed by atoms with Crippen molar-refractivity contribution >= 4 is 29.1 Å². The van der Waals surface area contributed by atoms with E-state index in [2.05, 4.69) is 16.0 Å². The van der Waals surface area contributed by atoms with Gasteiger partial charge in [0.15, 0.2) is 16.6 Å². The molecule has 0 aliphatic carbocycles. The van der Waals surface area contributed by atoms with Gasteiger partial charge in [-0.3, -0.25) is 0 Å². The average molecular weight is 367 g/mol. The van der Waals surface area contributed by atoms with Gasteiger partial charge in [0, 0.05) is 24.8 Å². The summed E-state index contributed by atoms with van der Waals surface area (Å²) in [6, 6.07) is 5.59. The first-order chi connectivity index (χ1) is 11.8. The van der Waals surface area contributed by atoms with Crippen molar-refractivity contribution in [2.24, 2.45) is 0 Å². The van der Waals surface area contributed by atoms with E-state index in [0.29, 0.717) is 37.2 Å². The predicted octanol–water partition coefficient (Wildman–Crippen LogP) is 2.66. The Kier molecular flexibility index (Phi) is 6.69. The molecule has 0 fully saturated rings. The molecule has 8 heteroatoms. The summed E-state index contributed by atoms with van der Waals surface area (Å²) < 4.78 is 16.2. The molecule has 25 heavy (non-hydrogen) atoms. The number of hydrogen-bond donors (Lipinski definition) is 3. The summed E-state index contributed by atoms with van der Waals surface area (Å²) in [4.78, 5) is 11.5. The van der Waals surface area contributed by atoms with Gasteiger partial charge in [-0.1, -0.05) is 0 Å². The minimum atomic E-state index is -0.489. The lowest BCUT2D eigenvalue weighted by atomic mass is 10.2. The van der Waals surface area contributed by atoms with Crippen LogP contribution in [-0.2, 0) is 4.74 Å². The lowest BCUT2D eigenvalue weighted by molar-refractivity contribution is 0.0527. The number of rotatable bonds is 5. The molecule has 1 aromatic rings. The summed E-state index contributed by atoms with van der Waals surface area (Å²) in [5.41, 5.74) is 0.339. The number of nitrogens with one attached hydrogen (secondary N) is 3. The van der Waals surface area contributed by atoms with Gasteiger partial charge < -0.3 is 30.2 Å². The third-order valence-electron chi connectivity index (χ3n) is 3.11. The van der Waals surface area contributed by atoms with E-state index in [0.717, 1.165) is 17.9 Å². The lowest BCUT2D eigenvalue weighted by Crippen LogP contribution is -2.35. The molecule has 0 atom stereocenters. The summed E-state index contributed by atoms with van der Waals surface area (Å²) >= 11 is 5.26. The molecule has 0 unspecified atom stereocenters. The van der Waals surface area contributed by atoms with Crippen molar-refractivity contribution in [2.75, 3.05) is 31.6 Å². The van der Waals surface area contributed by atoms with Crippen LogP contribution in [0.25, 0.3) is 0 Å². The SMILES string of the molecule is CC(C)(C)OC(=O)NCCCNC(=S)Nc1ccc2c(c1)OCCO2. The molecule has 0 radical (unpaired) electrons. The van der Waals surface area contributed by atoms with E-state index in [-0.39, 0.29) is 0 Å². The second-order valence-electron chi connectivity index (χ2n) is 6.52. The Morgan fingerprint density at radius 3 is 2.56 bits per heavy atom. The van der Waals surface area contributed by atoms with Gasteiger partial charge in [-0.2, -0.15) is 0 Å². The minimum Gasteiger partial charge on any atom is -0.486 e. The highest BCUT2D eigenvalue weighted by Crippen LogP contribution is 2.32. The van der Waals surface area contributed by atoms with Crippen molar-refractivity contribution in [3.8, 4) is 11.5 Å². The maximum absolute atomic E-state index is 11.5. The Balaban J connectivity index is 1.63. The van der Waals surface area contributed by atoms with Crippen LogP contribution in [0.3, 0.4) is 0 Å². The number of alkyl carbamates (subject to hydrolysis) is 1. The Hall–Kier alpha value is -2.22. The number of fused-ring (bicyclic) bond motifs is 1. The van der Waals surface area contributed by atoms with Crippen molar-refractivity contribution in [1.82, 2.24) is 10.6 Å². The van der Waals surface area contributed by atoms with Crippen LogP contribution in [0.5, 0.6) is 11.5 Å². The summed E-state index contributed by atoms with van der Waals surface area (Å²) in [5, 5.41) is 9.39. The number of carbonyl (C=O) groups excluding carboxylic acids is 1. The second kappa shape index (κ2) is 8.75. The average Bonchev–Trinajstić information content (AvgIpc) is 2.52. The van der Waals surface area contributed by atoms with Gasteiger partial charge in [-0.05, 0) is 51.5 Å². The molecular formula is C17H25N3O4S. The summed E-state index contributed by atoms with van der Waals surface area (Å²) in [6.07, 6.45) is 0.312. The highest BCUT2D eigenvalue weighted by atomic mass is 32.1. The fourth-order valence-electron chi connectivity index (χ4n) is 2.09. The molecule has 1 amide bonds. The molecule has 0 saturated heterocycles. The van der Waals surface area contributed by atoms with E-state index in [9.17, 15) is 4.79 Å². The van der Waals surface area contributed by atoms with Crippen LogP contribution in [0.4, 0.5) is 10.5 Å². The van der Waals surface area contributed by atoms with Crippen LogP contribution >= 0.6 is 12.2 Å². The molecule has 0 aromatic heterocycles. The van der Waals surface area contributed by atoms with E-state index in [1.165, 1.54) is 0 Å². The van der Waals surface area contributed by atoms with E-state index in [1.807, 2.05) is 39.0 Å². The van der Waals surface area contributed by atoms with E-state index in [1.54, 1.807) is 0 Å². The number of ether oxygens (including phenoxy) is 3. The van der Waals surface area contributed by atoms with Crippen molar-refractivity contribution in [3.05, 3.63) is 18.2 Å². The van der Waals surface area contributed by atoms with Crippen LogP contribution in [0, 0.1) is 0 Å². The normalized spacial score (nSPS) is 12.9. The second-order valence-corrected chi connectivity index (χ2v) is 6.93. The van der Waals surface area contributed by atoms with Crippen LogP contribution in [0.2, 0.25) is 0 Å². The molecule has 1 heterocycles. The first kappa shape index (κ1) is 19.1. The molecule has 0 bridgehead atoms. The Bertz CT molecular complexity index is 616. The van der Waals surface area contributed by atoms with E-state index < -0.39 is 11.7 Å². The van der Waals surface area contributed by atoms with Crippen LogP contribution in [0.1, 0.15) is 27.2 Å². The van der Waals surface area contributed by atoms with Gasteiger partial charge in [0.25, 0.3) is 0 Å². The number of amides is 1. The monoisotopic (exact) mass is 367 g/mol. The number of anilines is 1. The van der Waals surface area contributed by atoms with Gasteiger partial charge in [-0.15, -0.1) is 0 Å². The van der Waals surface area contributed by atoms with Gasteiger partial charge in [0.2, 0.25) is 0 Å². The Labute approximate surface area is 153 Å². The molecule has 138 valence electrons. The Morgan fingerprint density at radius 2 is 1.84 bits per heavy atom. The fourth-order valence-corrected chi connectivity index (χ4v) is 2.31. The largest absolute Gasteiger partial charge is 0.486 e. The first-order valence-corrected chi connectivity index (χ1v) is 8.66. The molecule has 1 aliphatic heterocycles. The van der Waals surface area contributed by atoms with Gasteiger partial charge in [0.05, 0.1) is 0 Å². The van der Waals surface area contributed by atoms with E-state index >= 15 is 0 Å². The fraction of sp³-hybridized carbons (Fsp3) is 0.529. The quantitative estimate of drug-likeness (QED) is 0.545. The predicted molar refractivity (Wildman–Crippen MR) is 101 cm³/mol. The molecule has 2 rings (SSSR count). The summed E-state index contributed by atoms with van der Waals surface area (Å²) in [7, 11) is 0. The van der Waals surface area contributed by atoms with E-state index in [4.69, 9.17) is 26.4 Å². The minimum absolute atomic E-state index is 0.413. The number of carbonyl (C=O) groups is 1. The van der Waals surface area contributed by atoms with Crippen LogP contribution < -0.4 is 25.4 Å². The van der Waals surface area contributed by atoms with Crippen molar-refractivity contribution in [2.45, 2.75) is 32.8 Å². The lowest BCUT2D eigenvalue weighted by Gasteiger charge is -2.20. The summed E-state index contributed by atoms with van der Waals surface area (Å²) in [5.74, 6) is 1.45. The maximum Gasteiger partial charge on any atom is 0.407 e. The third kappa shape index (κ3) is 7.04. The Morgan fingerprint density at radius 1 is 1.16 bits per heavy atom. The molecule has 3 N–H and O–H groups in total.